The maximum atomic E-state index is 12.3. The molecule has 1 aliphatic heterocycles. The van der Waals surface area contributed by atoms with Crippen molar-refractivity contribution in [2.24, 2.45) is 7.05 Å². The van der Waals surface area contributed by atoms with E-state index in [1.165, 1.54) is 0 Å². The maximum Gasteiger partial charge on any atom is 0.235 e. The van der Waals surface area contributed by atoms with Gasteiger partial charge in [0.1, 0.15) is 5.82 Å². The summed E-state index contributed by atoms with van der Waals surface area (Å²) < 4.78 is 28.1. The van der Waals surface area contributed by atoms with Crippen LogP contribution in [-0.2, 0) is 23.5 Å². The fraction of sp³-hybridized carbons (Fsp3) is 0.375. The summed E-state index contributed by atoms with van der Waals surface area (Å²) in [5.41, 5.74) is 9.88. The monoisotopic (exact) mass is 319 g/mol. The molecule has 0 aliphatic carbocycles. The molecule has 0 amide bonds. The van der Waals surface area contributed by atoms with E-state index >= 15 is 0 Å². The van der Waals surface area contributed by atoms with Crippen molar-refractivity contribution in [3.05, 3.63) is 35.9 Å². The van der Waals surface area contributed by atoms with Gasteiger partial charge in [-0.15, -0.1) is 0 Å². The molecule has 2 aromatic rings. The zero-order valence-corrected chi connectivity index (χ0v) is 13.7. The van der Waals surface area contributed by atoms with Gasteiger partial charge >= 0.3 is 0 Å². The lowest BCUT2D eigenvalue weighted by Gasteiger charge is -2.19. The van der Waals surface area contributed by atoms with E-state index in [2.05, 4.69) is 6.07 Å². The Morgan fingerprint density at radius 1 is 1.23 bits per heavy atom. The first-order valence-electron chi connectivity index (χ1n) is 7.49. The number of benzene rings is 1. The first kappa shape index (κ1) is 15.0. The standard InChI is InChI=1S/C16H21N3O2S/c1-3-10-22(20,21)19-9-8-13-11-12(4-5-15(13)19)14-6-7-16(17)18(14)2/h4-7,11H,3,8-10,17H2,1-2H3. The minimum Gasteiger partial charge on any atom is -0.385 e. The van der Waals surface area contributed by atoms with Gasteiger partial charge in [-0.05, 0) is 48.2 Å². The third-order valence-corrected chi connectivity index (χ3v) is 6.16. The normalized spacial score (nSPS) is 14.4. The average Bonchev–Trinajstić information content (AvgIpc) is 3.03. The smallest absolute Gasteiger partial charge is 0.235 e. The van der Waals surface area contributed by atoms with E-state index in [-0.39, 0.29) is 5.75 Å². The first-order chi connectivity index (χ1) is 10.4. The molecule has 6 heteroatoms. The highest BCUT2D eigenvalue weighted by Gasteiger charge is 2.28. The highest BCUT2D eigenvalue weighted by Crippen LogP contribution is 2.34. The number of sulfonamides is 1. The summed E-state index contributed by atoms with van der Waals surface area (Å²) in [6.07, 6.45) is 1.39. The van der Waals surface area contributed by atoms with Crippen LogP contribution in [-0.4, -0.2) is 25.3 Å². The molecule has 5 nitrogen and oxygen atoms in total. The highest BCUT2D eigenvalue weighted by atomic mass is 32.2. The van der Waals surface area contributed by atoms with Crippen molar-refractivity contribution in [3.63, 3.8) is 0 Å². The second-order valence-corrected chi connectivity index (χ2v) is 7.70. The SMILES string of the molecule is CCCS(=O)(=O)N1CCc2cc(-c3ccc(N)n3C)ccc21. The second-order valence-electron chi connectivity index (χ2n) is 5.68. The van der Waals surface area contributed by atoms with Crippen LogP contribution in [0, 0.1) is 0 Å². The van der Waals surface area contributed by atoms with E-state index in [0.29, 0.717) is 18.8 Å². The number of fused-ring (bicyclic) bond motifs is 1. The molecule has 2 N–H and O–H groups in total. The molecule has 0 fully saturated rings. The number of rotatable bonds is 4. The molecular weight excluding hydrogens is 298 g/mol. The Bertz CT molecular complexity index is 809. The number of nitrogens with two attached hydrogens (primary N) is 1. The van der Waals surface area contributed by atoms with Crippen LogP contribution in [0.2, 0.25) is 0 Å². The molecule has 1 aromatic heterocycles. The predicted octanol–water partition coefficient (Wildman–Crippen LogP) is 2.38. The number of anilines is 2. The Morgan fingerprint density at radius 2 is 2.00 bits per heavy atom. The predicted molar refractivity (Wildman–Crippen MR) is 90.4 cm³/mol. The molecule has 1 aliphatic rings. The van der Waals surface area contributed by atoms with Gasteiger partial charge in [-0.3, -0.25) is 4.31 Å². The molecule has 0 spiro atoms. The van der Waals surface area contributed by atoms with Crippen molar-refractivity contribution in [3.8, 4) is 11.3 Å². The summed E-state index contributed by atoms with van der Waals surface area (Å²) in [7, 11) is -1.27. The van der Waals surface area contributed by atoms with Crippen molar-refractivity contribution >= 4 is 21.5 Å². The molecule has 0 saturated carbocycles. The van der Waals surface area contributed by atoms with Gasteiger partial charge in [-0.25, -0.2) is 8.42 Å². The average molecular weight is 319 g/mol. The zero-order valence-electron chi connectivity index (χ0n) is 12.9. The van der Waals surface area contributed by atoms with Gasteiger partial charge in [0.05, 0.1) is 11.4 Å². The van der Waals surface area contributed by atoms with Crippen LogP contribution in [0.25, 0.3) is 11.3 Å². The molecule has 0 unspecified atom stereocenters. The third-order valence-electron chi connectivity index (χ3n) is 4.19. The zero-order chi connectivity index (χ0) is 15.9. The summed E-state index contributed by atoms with van der Waals surface area (Å²) in [5.74, 6) is 0.908. The lowest BCUT2D eigenvalue weighted by atomic mass is 10.1. The Kier molecular flexibility index (Phi) is 3.64. The van der Waals surface area contributed by atoms with E-state index in [1.54, 1.807) is 4.31 Å². The molecule has 0 radical (unpaired) electrons. The van der Waals surface area contributed by atoms with Crippen LogP contribution < -0.4 is 10.0 Å². The second kappa shape index (κ2) is 5.35. The van der Waals surface area contributed by atoms with Gasteiger partial charge in [0.15, 0.2) is 0 Å². The van der Waals surface area contributed by atoms with Crippen molar-refractivity contribution in [1.82, 2.24) is 4.57 Å². The summed E-state index contributed by atoms with van der Waals surface area (Å²) in [4.78, 5) is 0. The fourth-order valence-electron chi connectivity index (χ4n) is 3.00. The van der Waals surface area contributed by atoms with E-state index in [9.17, 15) is 8.42 Å². The molecule has 22 heavy (non-hydrogen) atoms. The van der Waals surface area contributed by atoms with Crippen LogP contribution in [0.4, 0.5) is 11.5 Å². The van der Waals surface area contributed by atoms with Gasteiger partial charge < -0.3 is 10.3 Å². The number of nitrogens with zero attached hydrogens (tertiary/aromatic N) is 2. The Labute approximate surface area is 131 Å². The van der Waals surface area contributed by atoms with Gasteiger partial charge in [-0.1, -0.05) is 13.0 Å². The van der Waals surface area contributed by atoms with Crippen LogP contribution >= 0.6 is 0 Å². The summed E-state index contributed by atoms with van der Waals surface area (Å²) in [5, 5.41) is 0. The van der Waals surface area contributed by atoms with Gasteiger partial charge in [0, 0.05) is 19.3 Å². The molecule has 118 valence electrons. The Balaban J connectivity index is 1.99. The molecule has 0 saturated heterocycles. The van der Waals surface area contributed by atoms with E-state index < -0.39 is 10.0 Å². The number of aromatic nitrogens is 1. The van der Waals surface area contributed by atoms with Crippen LogP contribution in [0.15, 0.2) is 30.3 Å². The maximum absolute atomic E-state index is 12.3. The molecule has 0 atom stereocenters. The number of hydrogen-bond donors (Lipinski definition) is 1. The molecule has 2 heterocycles. The van der Waals surface area contributed by atoms with Crippen LogP contribution in [0.1, 0.15) is 18.9 Å². The minimum atomic E-state index is -3.20. The van der Waals surface area contributed by atoms with Crippen molar-refractivity contribution in [1.29, 1.82) is 0 Å². The molecule has 0 bridgehead atoms. The first-order valence-corrected chi connectivity index (χ1v) is 9.10. The summed E-state index contributed by atoms with van der Waals surface area (Å²) in [6, 6.07) is 9.81. The lowest BCUT2D eigenvalue weighted by molar-refractivity contribution is 0.591. The number of nitrogen functional groups attached to an aromatic ring is 1. The minimum absolute atomic E-state index is 0.197. The Morgan fingerprint density at radius 3 is 2.64 bits per heavy atom. The number of hydrogen-bond acceptors (Lipinski definition) is 3. The largest absolute Gasteiger partial charge is 0.385 e. The molecular formula is C16H21N3O2S. The summed E-state index contributed by atoms with van der Waals surface area (Å²) >= 11 is 0. The van der Waals surface area contributed by atoms with Crippen LogP contribution in [0.3, 0.4) is 0 Å². The quantitative estimate of drug-likeness (QED) is 0.940. The van der Waals surface area contributed by atoms with Gasteiger partial charge in [0.2, 0.25) is 10.0 Å². The Hall–Kier alpha value is -1.95. The third kappa shape index (κ3) is 2.37. The molecule has 1 aromatic carbocycles. The van der Waals surface area contributed by atoms with E-state index in [4.69, 9.17) is 5.73 Å². The summed E-state index contributed by atoms with van der Waals surface area (Å²) in [6.45, 7) is 2.42. The lowest BCUT2D eigenvalue weighted by Crippen LogP contribution is -2.31. The van der Waals surface area contributed by atoms with E-state index in [1.807, 2.05) is 42.8 Å². The van der Waals surface area contributed by atoms with Crippen molar-refractivity contribution in [2.45, 2.75) is 19.8 Å². The fourth-order valence-corrected chi connectivity index (χ4v) is 4.59. The molecule has 3 rings (SSSR count). The topological polar surface area (TPSA) is 68.3 Å². The van der Waals surface area contributed by atoms with Crippen molar-refractivity contribution in [2.75, 3.05) is 22.3 Å². The van der Waals surface area contributed by atoms with Gasteiger partial charge in [-0.2, -0.15) is 0 Å². The van der Waals surface area contributed by atoms with Crippen LogP contribution in [0.5, 0.6) is 0 Å². The van der Waals surface area contributed by atoms with Gasteiger partial charge in [0.25, 0.3) is 0 Å². The van der Waals surface area contributed by atoms with Crippen molar-refractivity contribution < 1.29 is 8.42 Å². The highest BCUT2D eigenvalue weighted by molar-refractivity contribution is 7.92. The van der Waals surface area contributed by atoms with E-state index in [0.717, 1.165) is 28.9 Å².